The molecule has 10 heteroatoms. The summed E-state index contributed by atoms with van der Waals surface area (Å²) in [6, 6.07) is 1.50. The van der Waals surface area contributed by atoms with Crippen molar-refractivity contribution >= 4 is 61.8 Å². The SMILES string of the molecule is Nc1nc2c(OCP(=O)(O)O)cc(Br)c(Cl)c2s1. The Bertz CT molecular complexity index is 658. The van der Waals surface area contributed by atoms with E-state index in [1.807, 2.05) is 0 Å². The maximum Gasteiger partial charge on any atom is 0.362 e. The van der Waals surface area contributed by atoms with E-state index in [0.29, 0.717) is 24.8 Å². The van der Waals surface area contributed by atoms with E-state index in [1.165, 1.54) is 17.4 Å². The first-order chi connectivity index (χ1) is 8.28. The molecule has 0 aliphatic heterocycles. The number of halogens is 2. The van der Waals surface area contributed by atoms with Crippen LogP contribution >= 0.6 is 46.5 Å². The number of fused-ring (bicyclic) bond motifs is 1. The molecule has 0 aliphatic carbocycles. The van der Waals surface area contributed by atoms with E-state index >= 15 is 0 Å². The molecule has 0 amide bonds. The van der Waals surface area contributed by atoms with E-state index in [2.05, 4.69) is 20.9 Å². The van der Waals surface area contributed by atoms with E-state index < -0.39 is 13.9 Å². The number of ether oxygens (including phenoxy) is 1. The quantitative estimate of drug-likeness (QED) is 0.715. The van der Waals surface area contributed by atoms with Crippen molar-refractivity contribution in [3.63, 3.8) is 0 Å². The number of nitrogens with zero attached hydrogens (tertiary/aromatic N) is 1. The van der Waals surface area contributed by atoms with E-state index in [0.717, 1.165) is 0 Å². The maximum atomic E-state index is 10.8. The second-order valence-corrected chi connectivity index (χ2v) is 7.19. The second-order valence-electron chi connectivity index (χ2n) is 3.34. The molecular formula is C8H7BrClN2O4PS. The Morgan fingerprint density at radius 2 is 2.28 bits per heavy atom. The van der Waals surface area contributed by atoms with Crippen LogP contribution in [0.1, 0.15) is 0 Å². The fourth-order valence-electron chi connectivity index (χ4n) is 1.27. The van der Waals surface area contributed by atoms with E-state index in [4.69, 9.17) is 31.9 Å². The number of nitrogen functional groups attached to an aromatic ring is 1. The van der Waals surface area contributed by atoms with Gasteiger partial charge in [-0.2, -0.15) is 0 Å². The minimum atomic E-state index is -4.26. The molecule has 1 heterocycles. The van der Waals surface area contributed by atoms with Crippen molar-refractivity contribution in [3.8, 4) is 5.75 Å². The van der Waals surface area contributed by atoms with E-state index in [1.54, 1.807) is 0 Å². The third kappa shape index (κ3) is 2.96. The molecule has 0 bridgehead atoms. The summed E-state index contributed by atoms with van der Waals surface area (Å²) in [5, 5.41) is 0.730. The summed E-state index contributed by atoms with van der Waals surface area (Å²) in [6.07, 6.45) is -0.729. The predicted molar refractivity (Wildman–Crippen MR) is 74.3 cm³/mol. The molecule has 0 radical (unpaired) electrons. The molecule has 18 heavy (non-hydrogen) atoms. The van der Waals surface area contributed by atoms with Crippen LogP contribution in [-0.2, 0) is 4.57 Å². The summed E-state index contributed by atoms with van der Waals surface area (Å²) in [5.74, 6) is 0.220. The lowest BCUT2D eigenvalue weighted by atomic mass is 10.3. The first-order valence-corrected chi connectivity index (χ1v) is 8.28. The Morgan fingerprint density at radius 1 is 1.61 bits per heavy atom. The van der Waals surface area contributed by atoms with Crippen molar-refractivity contribution in [2.24, 2.45) is 0 Å². The van der Waals surface area contributed by atoms with Gasteiger partial charge in [0.15, 0.2) is 11.5 Å². The minimum absolute atomic E-state index is 0.220. The Morgan fingerprint density at radius 3 is 2.89 bits per heavy atom. The average molecular weight is 374 g/mol. The van der Waals surface area contributed by atoms with Crippen molar-refractivity contribution in [2.75, 3.05) is 12.1 Å². The number of aromatic nitrogens is 1. The van der Waals surface area contributed by atoms with Gasteiger partial charge in [0.05, 0.1) is 9.72 Å². The zero-order valence-electron chi connectivity index (χ0n) is 8.63. The maximum absolute atomic E-state index is 10.8. The van der Waals surface area contributed by atoms with Gasteiger partial charge in [-0.25, -0.2) is 4.98 Å². The number of benzene rings is 1. The number of hydrogen-bond donors (Lipinski definition) is 3. The Kier molecular flexibility index (Phi) is 3.87. The Labute approximate surface area is 119 Å². The third-order valence-corrected chi connectivity index (χ3v) is 4.66. The van der Waals surface area contributed by atoms with Crippen LogP contribution in [0, 0.1) is 0 Å². The highest BCUT2D eigenvalue weighted by molar-refractivity contribution is 9.10. The smallest absolute Gasteiger partial charge is 0.362 e. The van der Waals surface area contributed by atoms with Gasteiger partial charge in [0, 0.05) is 4.47 Å². The molecule has 98 valence electrons. The monoisotopic (exact) mass is 372 g/mol. The molecule has 2 aromatic rings. The topological polar surface area (TPSA) is 106 Å². The van der Waals surface area contributed by atoms with Crippen LogP contribution in [0.5, 0.6) is 5.75 Å². The highest BCUT2D eigenvalue weighted by atomic mass is 79.9. The summed E-state index contributed by atoms with van der Waals surface area (Å²) in [5.41, 5.74) is 5.97. The number of thiazole rings is 1. The zero-order chi connectivity index (χ0) is 13.5. The standard InChI is InChI=1S/C8H7BrClN2O4PS/c9-3-1-4(16-2-17(13,14)15)6-7(5(3)10)18-8(11)12-6/h1H,2H2,(H2,11,12)(H2,13,14,15). The van der Waals surface area contributed by atoms with Gasteiger partial charge in [0.25, 0.3) is 0 Å². The van der Waals surface area contributed by atoms with Crippen molar-refractivity contribution in [1.29, 1.82) is 0 Å². The van der Waals surface area contributed by atoms with Gasteiger partial charge in [-0.15, -0.1) is 0 Å². The average Bonchev–Trinajstić information content (AvgIpc) is 2.62. The lowest BCUT2D eigenvalue weighted by molar-refractivity contribution is 0.302. The molecule has 6 nitrogen and oxygen atoms in total. The van der Waals surface area contributed by atoms with Gasteiger partial charge < -0.3 is 20.3 Å². The van der Waals surface area contributed by atoms with Gasteiger partial charge in [0.2, 0.25) is 0 Å². The van der Waals surface area contributed by atoms with Crippen molar-refractivity contribution in [1.82, 2.24) is 4.98 Å². The van der Waals surface area contributed by atoms with Gasteiger partial charge in [-0.05, 0) is 22.0 Å². The van der Waals surface area contributed by atoms with Gasteiger partial charge in [-0.1, -0.05) is 22.9 Å². The fraction of sp³-hybridized carbons (Fsp3) is 0.125. The van der Waals surface area contributed by atoms with Crippen LogP contribution in [0.15, 0.2) is 10.5 Å². The highest BCUT2D eigenvalue weighted by Gasteiger charge is 2.19. The lowest BCUT2D eigenvalue weighted by Gasteiger charge is -2.09. The number of hydrogen-bond acceptors (Lipinski definition) is 5. The molecule has 0 atom stereocenters. The number of rotatable bonds is 3. The van der Waals surface area contributed by atoms with Crippen molar-refractivity contribution in [3.05, 3.63) is 15.6 Å². The molecule has 0 spiro atoms. The summed E-state index contributed by atoms with van der Waals surface area (Å²) in [6.45, 7) is 0. The van der Waals surface area contributed by atoms with Crippen molar-refractivity contribution < 1.29 is 19.1 Å². The molecule has 0 fully saturated rings. The van der Waals surface area contributed by atoms with Crippen LogP contribution < -0.4 is 10.5 Å². The molecule has 1 aromatic carbocycles. The van der Waals surface area contributed by atoms with Gasteiger partial charge >= 0.3 is 7.60 Å². The number of nitrogens with two attached hydrogens (primary N) is 1. The Hall–Kier alpha value is -0.370. The molecule has 0 aliphatic rings. The molecule has 0 saturated carbocycles. The molecule has 4 N–H and O–H groups in total. The molecule has 0 unspecified atom stereocenters. The molecular weight excluding hydrogens is 366 g/mol. The van der Waals surface area contributed by atoms with E-state index in [-0.39, 0.29) is 5.75 Å². The normalized spacial score (nSPS) is 12.0. The van der Waals surface area contributed by atoms with Gasteiger partial charge in [-0.3, -0.25) is 4.57 Å². The first kappa shape index (κ1) is 14.0. The van der Waals surface area contributed by atoms with Crippen LogP contribution in [-0.4, -0.2) is 21.1 Å². The lowest BCUT2D eigenvalue weighted by Crippen LogP contribution is -1.99. The molecule has 1 aromatic heterocycles. The second kappa shape index (κ2) is 4.96. The largest absolute Gasteiger partial charge is 0.479 e. The number of anilines is 1. The van der Waals surface area contributed by atoms with Gasteiger partial charge in [0.1, 0.15) is 11.3 Å². The summed E-state index contributed by atoms with van der Waals surface area (Å²) >= 11 is 10.5. The van der Waals surface area contributed by atoms with Crippen molar-refractivity contribution in [2.45, 2.75) is 0 Å². The summed E-state index contributed by atoms with van der Waals surface area (Å²) < 4.78 is 17.0. The first-order valence-electron chi connectivity index (χ1n) is 4.49. The van der Waals surface area contributed by atoms with Crippen LogP contribution in [0.2, 0.25) is 5.02 Å². The molecule has 0 saturated heterocycles. The van der Waals surface area contributed by atoms with Crippen LogP contribution in [0.4, 0.5) is 5.13 Å². The summed E-state index contributed by atoms with van der Waals surface area (Å²) in [7, 11) is -4.26. The zero-order valence-corrected chi connectivity index (χ0v) is 12.7. The minimum Gasteiger partial charge on any atom is -0.479 e. The van der Waals surface area contributed by atoms with Crippen LogP contribution in [0.25, 0.3) is 10.2 Å². The third-order valence-electron chi connectivity index (χ3n) is 1.93. The summed E-state index contributed by atoms with van der Waals surface area (Å²) in [4.78, 5) is 21.6. The Balaban J connectivity index is 2.50. The predicted octanol–water partition coefficient (Wildman–Crippen LogP) is 2.81. The van der Waals surface area contributed by atoms with Crippen LogP contribution in [0.3, 0.4) is 0 Å². The molecule has 2 rings (SSSR count). The fourth-order valence-corrected chi connectivity index (χ4v) is 3.16. The highest BCUT2D eigenvalue weighted by Crippen LogP contribution is 2.43. The van der Waals surface area contributed by atoms with E-state index in [9.17, 15) is 4.57 Å².